The molecule has 1 aliphatic heterocycles. The summed E-state index contributed by atoms with van der Waals surface area (Å²) in [5.41, 5.74) is 0.920. The molecule has 13 heavy (non-hydrogen) atoms. The van der Waals surface area contributed by atoms with Gasteiger partial charge in [-0.25, -0.2) is 0 Å². The summed E-state index contributed by atoms with van der Waals surface area (Å²) in [6.45, 7) is 0.252. The van der Waals surface area contributed by atoms with Gasteiger partial charge < -0.3 is 5.32 Å². The van der Waals surface area contributed by atoms with Gasteiger partial charge in [0.15, 0.2) is 0 Å². The molecule has 1 aliphatic rings. The topological polar surface area (TPSA) is 54.4 Å². The fourth-order valence-electron chi connectivity index (χ4n) is 1.18. The van der Waals surface area contributed by atoms with Crippen LogP contribution in [-0.4, -0.2) is 23.3 Å². The van der Waals surface area contributed by atoms with Gasteiger partial charge in [0.1, 0.15) is 12.4 Å². The molecule has 4 heteroatoms. The Morgan fingerprint density at radius 1 is 1.46 bits per heavy atom. The van der Waals surface area contributed by atoms with E-state index >= 15 is 0 Å². The van der Waals surface area contributed by atoms with Gasteiger partial charge in [-0.1, -0.05) is 6.07 Å². The molecule has 2 rings (SSSR count). The van der Waals surface area contributed by atoms with Gasteiger partial charge in [-0.3, -0.25) is 14.8 Å². The summed E-state index contributed by atoms with van der Waals surface area (Å²) in [6.07, 6.45) is 2.33. The number of aliphatic imine (C=N–C) groups is 1. The van der Waals surface area contributed by atoms with Gasteiger partial charge in [0.05, 0.1) is 0 Å². The summed E-state index contributed by atoms with van der Waals surface area (Å²) in [4.78, 5) is 19.0. The SMILES string of the molecule is O=C1CN=C(Cc2ccccn2)N1. The zero-order valence-corrected chi connectivity index (χ0v) is 7.03. The van der Waals surface area contributed by atoms with E-state index in [1.165, 1.54) is 0 Å². The van der Waals surface area contributed by atoms with Crippen molar-refractivity contribution in [1.29, 1.82) is 0 Å². The van der Waals surface area contributed by atoms with Crippen LogP contribution in [0.3, 0.4) is 0 Å². The van der Waals surface area contributed by atoms with Gasteiger partial charge in [0.25, 0.3) is 0 Å². The number of rotatable bonds is 2. The fourth-order valence-corrected chi connectivity index (χ4v) is 1.18. The first-order valence-electron chi connectivity index (χ1n) is 4.08. The van der Waals surface area contributed by atoms with Crippen molar-refractivity contribution < 1.29 is 4.79 Å². The molecule has 0 spiro atoms. The standard InChI is InChI=1S/C9H9N3O/c13-9-6-11-8(12-9)5-7-3-1-2-4-10-7/h1-4H,5-6H2,(H,11,12,13). The second kappa shape index (κ2) is 3.35. The van der Waals surface area contributed by atoms with Crippen molar-refractivity contribution in [3.8, 4) is 0 Å². The molecule has 4 nitrogen and oxygen atoms in total. The Labute approximate surface area is 75.7 Å². The van der Waals surface area contributed by atoms with Crippen LogP contribution in [0.5, 0.6) is 0 Å². The highest BCUT2D eigenvalue weighted by Crippen LogP contribution is 1.98. The Balaban J connectivity index is 2.04. The van der Waals surface area contributed by atoms with Crippen LogP contribution in [-0.2, 0) is 11.2 Å². The minimum Gasteiger partial charge on any atom is -0.313 e. The number of pyridine rings is 1. The maximum atomic E-state index is 10.8. The van der Waals surface area contributed by atoms with E-state index < -0.39 is 0 Å². The summed E-state index contributed by atoms with van der Waals surface area (Å²) >= 11 is 0. The molecule has 1 aromatic rings. The first kappa shape index (κ1) is 7.91. The predicted molar refractivity (Wildman–Crippen MR) is 48.4 cm³/mol. The number of nitrogens with zero attached hydrogens (tertiary/aromatic N) is 2. The van der Waals surface area contributed by atoms with E-state index in [2.05, 4.69) is 15.3 Å². The number of aromatic nitrogens is 1. The van der Waals surface area contributed by atoms with Gasteiger partial charge in [-0.2, -0.15) is 0 Å². The Morgan fingerprint density at radius 2 is 2.38 bits per heavy atom. The zero-order chi connectivity index (χ0) is 9.10. The van der Waals surface area contributed by atoms with Crippen LogP contribution in [0.25, 0.3) is 0 Å². The summed E-state index contributed by atoms with van der Waals surface area (Å²) in [6, 6.07) is 5.69. The third kappa shape index (κ3) is 1.90. The summed E-state index contributed by atoms with van der Waals surface area (Å²) < 4.78 is 0. The van der Waals surface area contributed by atoms with E-state index in [0.29, 0.717) is 12.3 Å². The van der Waals surface area contributed by atoms with Crippen LogP contribution >= 0.6 is 0 Å². The summed E-state index contributed by atoms with van der Waals surface area (Å²) in [7, 11) is 0. The number of amides is 1. The Hall–Kier alpha value is -1.71. The quantitative estimate of drug-likeness (QED) is 0.695. The molecule has 1 N–H and O–H groups in total. The molecule has 0 radical (unpaired) electrons. The van der Waals surface area contributed by atoms with Crippen molar-refractivity contribution in [2.24, 2.45) is 4.99 Å². The highest BCUT2D eigenvalue weighted by Gasteiger charge is 2.13. The number of carbonyl (C=O) groups is 1. The lowest BCUT2D eigenvalue weighted by molar-refractivity contribution is -0.117. The van der Waals surface area contributed by atoms with Crippen LogP contribution in [0, 0.1) is 0 Å². The van der Waals surface area contributed by atoms with Gasteiger partial charge >= 0.3 is 0 Å². The van der Waals surface area contributed by atoms with E-state index in [4.69, 9.17) is 0 Å². The number of hydrogen-bond donors (Lipinski definition) is 1. The maximum absolute atomic E-state index is 10.8. The van der Waals surface area contributed by atoms with E-state index in [9.17, 15) is 4.79 Å². The van der Waals surface area contributed by atoms with Crippen LogP contribution in [0.4, 0.5) is 0 Å². The van der Waals surface area contributed by atoms with Crippen molar-refractivity contribution in [1.82, 2.24) is 10.3 Å². The molecule has 0 saturated heterocycles. The molecule has 0 unspecified atom stereocenters. The third-order valence-corrected chi connectivity index (χ3v) is 1.77. The normalized spacial score (nSPS) is 15.4. The van der Waals surface area contributed by atoms with E-state index in [0.717, 1.165) is 5.69 Å². The zero-order valence-electron chi connectivity index (χ0n) is 7.03. The molecule has 0 saturated carbocycles. The highest BCUT2D eigenvalue weighted by atomic mass is 16.2. The Kier molecular flexibility index (Phi) is 2.04. The molecular formula is C9H9N3O. The van der Waals surface area contributed by atoms with Crippen molar-refractivity contribution in [3.63, 3.8) is 0 Å². The summed E-state index contributed by atoms with van der Waals surface area (Å²) in [5.74, 6) is 0.676. The minimum atomic E-state index is -0.0362. The molecule has 0 aromatic carbocycles. The van der Waals surface area contributed by atoms with Crippen LogP contribution in [0.2, 0.25) is 0 Å². The monoisotopic (exact) mass is 175 g/mol. The van der Waals surface area contributed by atoms with Crippen LogP contribution in [0.15, 0.2) is 29.4 Å². The average molecular weight is 175 g/mol. The number of amidine groups is 1. The Bertz CT molecular complexity index is 345. The molecule has 0 atom stereocenters. The van der Waals surface area contributed by atoms with Crippen LogP contribution in [0.1, 0.15) is 5.69 Å². The van der Waals surface area contributed by atoms with Gasteiger partial charge in [-0.15, -0.1) is 0 Å². The van der Waals surface area contributed by atoms with Gasteiger partial charge in [0, 0.05) is 18.3 Å². The van der Waals surface area contributed by atoms with Gasteiger partial charge in [-0.05, 0) is 12.1 Å². The largest absolute Gasteiger partial charge is 0.313 e. The minimum absolute atomic E-state index is 0.0362. The van der Waals surface area contributed by atoms with E-state index in [1.807, 2.05) is 18.2 Å². The van der Waals surface area contributed by atoms with Crippen molar-refractivity contribution in [2.75, 3.05) is 6.54 Å². The first-order chi connectivity index (χ1) is 6.34. The molecule has 1 aromatic heterocycles. The van der Waals surface area contributed by atoms with Crippen LogP contribution < -0.4 is 5.32 Å². The van der Waals surface area contributed by atoms with Crippen molar-refractivity contribution >= 4 is 11.7 Å². The fraction of sp³-hybridized carbons (Fsp3) is 0.222. The van der Waals surface area contributed by atoms with Gasteiger partial charge in [0.2, 0.25) is 5.91 Å². The number of carbonyl (C=O) groups excluding carboxylic acids is 1. The lowest BCUT2D eigenvalue weighted by Crippen LogP contribution is -2.26. The first-order valence-corrected chi connectivity index (χ1v) is 4.08. The molecule has 2 heterocycles. The molecular weight excluding hydrogens is 166 g/mol. The average Bonchev–Trinajstić information content (AvgIpc) is 2.53. The summed E-state index contributed by atoms with van der Waals surface area (Å²) in [5, 5.41) is 2.67. The molecule has 1 amide bonds. The van der Waals surface area contributed by atoms with Crippen molar-refractivity contribution in [2.45, 2.75) is 6.42 Å². The molecule has 0 bridgehead atoms. The molecule has 66 valence electrons. The second-order valence-corrected chi connectivity index (χ2v) is 2.81. The Morgan fingerprint density at radius 3 is 3.00 bits per heavy atom. The lowest BCUT2D eigenvalue weighted by Gasteiger charge is -1.99. The van der Waals surface area contributed by atoms with E-state index in [1.54, 1.807) is 6.20 Å². The lowest BCUT2D eigenvalue weighted by atomic mass is 10.2. The van der Waals surface area contributed by atoms with E-state index in [-0.39, 0.29) is 12.5 Å². The number of nitrogens with one attached hydrogen (secondary N) is 1. The smallest absolute Gasteiger partial charge is 0.247 e. The molecule has 0 aliphatic carbocycles. The third-order valence-electron chi connectivity index (χ3n) is 1.77. The molecule has 0 fully saturated rings. The maximum Gasteiger partial charge on any atom is 0.247 e. The number of hydrogen-bond acceptors (Lipinski definition) is 3. The predicted octanol–water partition coefficient (Wildman–Crippen LogP) is 0.152. The second-order valence-electron chi connectivity index (χ2n) is 2.81. The van der Waals surface area contributed by atoms with Crippen molar-refractivity contribution in [3.05, 3.63) is 30.1 Å². The highest BCUT2D eigenvalue weighted by molar-refractivity contribution is 6.04.